The van der Waals surface area contributed by atoms with E-state index in [1.165, 1.54) is 0 Å². The summed E-state index contributed by atoms with van der Waals surface area (Å²) in [6.45, 7) is 0. The fourth-order valence-electron chi connectivity index (χ4n) is 2.65. The molecule has 0 radical (unpaired) electrons. The fraction of sp³-hybridized carbons (Fsp3) is 0. The van der Waals surface area contributed by atoms with Gasteiger partial charge in [0.15, 0.2) is 5.58 Å². The molecule has 0 atom stereocenters. The van der Waals surface area contributed by atoms with Crippen molar-refractivity contribution in [1.29, 1.82) is 0 Å². The molecule has 3 aromatic carbocycles. The molecule has 0 aliphatic rings. The Balaban J connectivity index is 1.66. The number of halogens is 4. The van der Waals surface area contributed by atoms with E-state index in [0.29, 0.717) is 38.8 Å². The lowest BCUT2D eigenvalue weighted by Crippen LogP contribution is -2.13. The molecule has 8 heteroatoms. The van der Waals surface area contributed by atoms with Crippen molar-refractivity contribution in [2.75, 3.05) is 5.32 Å². The molecule has 0 spiro atoms. The molecule has 0 saturated carbocycles. The molecule has 4 nitrogen and oxygen atoms in total. The minimum absolute atomic E-state index is 0.191. The number of rotatable bonds is 3. The van der Waals surface area contributed by atoms with Gasteiger partial charge in [0, 0.05) is 18.2 Å². The zero-order chi connectivity index (χ0) is 19.8. The SMILES string of the molecule is O=C(Nc1ccc2oc(-c3cc(Br)ccc3Cl)nc2c1)c1cc(Br)ccc1I. The van der Waals surface area contributed by atoms with E-state index in [2.05, 4.69) is 64.8 Å². The van der Waals surface area contributed by atoms with Gasteiger partial charge in [0.1, 0.15) is 5.52 Å². The maximum atomic E-state index is 12.6. The normalized spacial score (nSPS) is 11.0. The first-order valence-electron chi connectivity index (χ1n) is 8.03. The number of carbonyl (C=O) groups is 1. The quantitative estimate of drug-likeness (QED) is 0.238. The maximum Gasteiger partial charge on any atom is 0.256 e. The third-order valence-electron chi connectivity index (χ3n) is 3.98. The van der Waals surface area contributed by atoms with Gasteiger partial charge in [-0.05, 0) is 77.2 Å². The highest BCUT2D eigenvalue weighted by Gasteiger charge is 2.15. The molecule has 0 unspecified atom stereocenters. The lowest BCUT2D eigenvalue weighted by atomic mass is 10.2. The predicted molar refractivity (Wildman–Crippen MR) is 127 cm³/mol. The topological polar surface area (TPSA) is 55.1 Å². The summed E-state index contributed by atoms with van der Waals surface area (Å²) in [5.74, 6) is 0.232. The van der Waals surface area contributed by atoms with Crippen LogP contribution in [0, 0.1) is 3.57 Å². The predicted octanol–water partition coefficient (Wildman–Crippen LogP) is 7.53. The van der Waals surface area contributed by atoms with Crippen LogP contribution >= 0.6 is 66.1 Å². The van der Waals surface area contributed by atoms with Crippen LogP contribution in [0.25, 0.3) is 22.6 Å². The Kier molecular flexibility index (Phi) is 5.78. The first kappa shape index (κ1) is 19.9. The zero-order valence-electron chi connectivity index (χ0n) is 14.0. The van der Waals surface area contributed by atoms with Gasteiger partial charge in [-0.3, -0.25) is 4.79 Å². The summed E-state index contributed by atoms with van der Waals surface area (Å²) in [4.78, 5) is 17.2. The Morgan fingerprint density at radius 1 is 1.04 bits per heavy atom. The number of aromatic nitrogens is 1. The molecular weight excluding hydrogens is 622 g/mol. The second-order valence-electron chi connectivity index (χ2n) is 5.90. The number of amides is 1. The molecule has 1 aromatic heterocycles. The fourth-order valence-corrected chi connectivity index (χ4v) is 4.15. The van der Waals surface area contributed by atoms with Crippen molar-refractivity contribution in [3.05, 3.63) is 77.7 Å². The summed E-state index contributed by atoms with van der Waals surface area (Å²) in [5, 5.41) is 3.46. The number of anilines is 1. The number of nitrogens with zero attached hydrogens (tertiary/aromatic N) is 1. The highest BCUT2D eigenvalue weighted by molar-refractivity contribution is 14.1. The third-order valence-corrected chi connectivity index (χ3v) is 6.23. The van der Waals surface area contributed by atoms with Gasteiger partial charge in [-0.1, -0.05) is 43.5 Å². The lowest BCUT2D eigenvalue weighted by Gasteiger charge is -2.07. The average molecular weight is 632 g/mol. The molecule has 0 aliphatic carbocycles. The van der Waals surface area contributed by atoms with Crippen LogP contribution in [0.3, 0.4) is 0 Å². The van der Waals surface area contributed by atoms with Gasteiger partial charge in [-0.2, -0.15) is 0 Å². The second-order valence-corrected chi connectivity index (χ2v) is 9.30. The minimum atomic E-state index is -0.191. The van der Waals surface area contributed by atoms with Gasteiger partial charge in [0.25, 0.3) is 5.91 Å². The molecule has 4 aromatic rings. The Hall–Kier alpha value is -1.42. The molecule has 0 fully saturated rings. The molecule has 140 valence electrons. The molecule has 0 bridgehead atoms. The molecule has 1 amide bonds. The van der Waals surface area contributed by atoms with Crippen LogP contribution in [-0.4, -0.2) is 10.9 Å². The summed E-state index contributed by atoms with van der Waals surface area (Å²) in [7, 11) is 0. The molecule has 0 saturated heterocycles. The molecule has 1 heterocycles. The monoisotopic (exact) mass is 630 g/mol. The maximum absolute atomic E-state index is 12.6. The summed E-state index contributed by atoms with van der Waals surface area (Å²) in [6.07, 6.45) is 0. The van der Waals surface area contributed by atoms with Crippen molar-refractivity contribution in [2.24, 2.45) is 0 Å². The molecule has 0 aliphatic heterocycles. The van der Waals surface area contributed by atoms with Crippen LogP contribution < -0.4 is 5.32 Å². The summed E-state index contributed by atoms with van der Waals surface area (Å²) >= 11 is 15.2. The summed E-state index contributed by atoms with van der Waals surface area (Å²) in [5.41, 5.74) is 3.17. The van der Waals surface area contributed by atoms with E-state index in [1.54, 1.807) is 30.3 Å². The van der Waals surface area contributed by atoms with Crippen LogP contribution in [0.15, 0.2) is 68.0 Å². The van der Waals surface area contributed by atoms with Gasteiger partial charge in [0.05, 0.1) is 16.1 Å². The summed E-state index contributed by atoms with van der Waals surface area (Å²) in [6, 6.07) is 16.4. The summed E-state index contributed by atoms with van der Waals surface area (Å²) < 4.78 is 8.43. The van der Waals surface area contributed by atoms with Crippen molar-refractivity contribution >= 4 is 88.7 Å². The van der Waals surface area contributed by atoms with E-state index in [0.717, 1.165) is 12.5 Å². The van der Waals surface area contributed by atoms with Crippen molar-refractivity contribution in [3.8, 4) is 11.5 Å². The first-order valence-corrected chi connectivity index (χ1v) is 11.1. The molecule has 28 heavy (non-hydrogen) atoms. The zero-order valence-corrected chi connectivity index (χ0v) is 20.1. The van der Waals surface area contributed by atoms with Crippen molar-refractivity contribution in [1.82, 2.24) is 4.98 Å². The highest BCUT2D eigenvalue weighted by Crippen LogP contribution is 2.33. The van der Waals surface area contributed by atoms with Crippen LogP contribution in [0.4, 0.5) is 5.69 Å². The van der Waals surface area contributed by atoms with Crippen LogP contribution in [-0.2, 0) is 0 Å². The van der Waals surface area contributed by atoms with Crippen LogP contribution in [0.2, 0.25) is 5.02 Å². The van der Waals surface area contributed by atoms with E-state index in [4.69, 9.17) is 16.0 Å². The van der Waals surface area contributed by atoms with Gasteiger partial charge >= 0.3 is 0 Å². The van der Waals surface area contributed by atoms with Crippen molar-refractivity contribution in [3.63, 3.8) is 0 Å². The largest absolute Gasteiger partial charge is 0.436 e. The Morgan fingerprint density at radius 3 is 2.61 bits per heavy atom. The standard InChI is InChI=1S/C20H10Br2ClIN2O2/c21-10-1-4-15(23)13(7-10)20-26-17-9-12(3-6-18(17)28-20)25-19(27)14-8-11(22)2-5-16(14)24/h1-9H,(H,25,27). The number of oxazole rings is 1. The number of benzene rings is 3. The Labute approximate surface area is 196 Å². The Bertz CT molecular complexity index is 1230. The molecule has 4 rings (SSSR count). The van der Waals surface area contributed by atoms with Gasteiger partial charge < -0.3 is 9.73 Å². The van der Waals surface area contributed by atoms with Gasteiger partial charge in [-0.15, -0.1) is 0 Å². The van der Waals surface area contributed by atoms with Crippen molar-refractivity contribution in [2.45, 2.75) is 0 Å². The second kappa shape index (κ2) is 8.14. The van der Waals surface area contributed by atoms with E-state index < -0.39 is 0 Å². The van der Waals surface area contributed by atoms with Gasteiger partial charge in [-0.25, -0.2) is 4.98 Å². The highest BCUT2D eigenvalue weighted by atomic mass is 127. The number of hydrogen-bond acceptors (Lipinski definition) is 3. The lowest BCUT2D eigenvalue weighted by molar-refractivity contribution is 0.102. The Morgan fingerprint density at radius 2 is 1.79 bits per heavy atom. The number of hydrogen-bond donors (Lipinski definition) is 1. The van der Waals surface area contributed by atoms with E-state index in [-0.39, 0.29) is 5.91 Å². The van der Waals surface area contributed by atoms with E-state index in [9.17, 15) is 4.79 Å². The molecule has 1 N–H and O–H groups in total. The number of fused-ring (bicyclic) bond motifs is 1. The number of carbonyl (C=O) groups excluding carboxylic acids is 1. The van der Waals surface area contributed by atoms with Gasteiger partial charge in [0.2, 0.25) is 5.89 Å². The first-order chi connectivity index (χ1) is 13.4. The van der Waals surface area contributed by atoms with E-state index >= 15 is 0 Å². The average Bonchev–Trinajstić information content (AvgIpc) is 3.08. The van der Waals surface area contributed by atoms with Crippen LogP contribution in [0.5, 0.6) is 0 Å². The van der Waals surface area contributed by atoms with Crippen molar-refractivity contribution < 1.29 is 9.21 Å². The third kappa shape index (κ3) is 4.12. The number of nitrogens with one attached hydrogen (secondary N) is 1. The minimum Gasteiger partial charge on any atom is -0.436 e. The van der Waals surface area contributed by atoms with E-state index in [1.807, 2.05) is 24.3 Å². The van der Waals surface area contributed by atoms with Crippen LogP contribution in [0.1, 0.15) is 10.4 Å². The molecular formula is C20H10Br2ClIN2O2. The smallest absolute Gasteiger partial charge is 0.256 e.